The van der Waals surface area contributed by atoms with E-state index in [1.54, 1.807) is 12.1 Å². The third-order valence-electron chi connectivity index (χ3n) is 3.50. The fourth-order valence-corrected chi connectivity index (χ4v) is 3.43. The van der Waals surface area contributed by atoms with Gasteiger partial charge >= 0.3 is 12.0 Å². The molecule has 2 N–H and O–H groups in total. The molecule has 2 aromatic rings. The number of halogens is 1. The van der Waals surface area contributed by atoms with Crippen molar-refractivity contribution in [1.29, 1.82) is 0 Å². The quantitative estimate of drug-likeness (QED) is 0.702. The van der Waals surface area contributed by atoms with Crippen LogP contribution in [0.2, 0.25) is 0 Å². The van der Waals surface area contributed by atoms with Gasteiger partial charge in [0.25, 0.3) is 5.91 Å². The van der Waals surface area contributed by atoms with Crippen LogP contribution in [0.4, 0.5) is 9.18 Å². The Morgan fingerprint density at radius 3 is 2.67 bits per heavy atom. The van der Waals surface area contributed by atoms with E-state index in [-0.39, 0.29) is 17.4 Å². The van der Waals surface area contributed by atoms with Crippen LogP contribution in [0.1, 0.15) is 29.1 Å². The summed E-state index contributed by atoms with van der Waals surface area (Å²) in [4.78, 5) is 35.8. The monoisotopic (exact) mass is 396 g/mol. The highest BCUT2D eigenvalue weighted by Crippen LogP contribution is 2.34. The van der Waals surface area contributed by atoms with Gasteiger partial charge in [0, 0.05) is 29.3 Å². The Bertz CT molecular complexity index is 850. The average Bonchev–Trinajstić information content (AvgIpc) is 2.98. The largest absolute Gasteiger partial charge is 0.451 e. The molecule has 27 heavy (non-hydrogen) atoms. The van der Waals surface area contributed by atoms with Crippen molar-refractivity contribution in [2.75, 3.05) is 20.3 Å². The zero-order chi connectivity index (χ0) is 20.0. The molecule has 0 saturated heterocycles. The first-order valence-corrected chi connectivity index (χ1v) is 9.08. The molecule has 1 heterocycles. The lowest BCUT2D eigenvalue weighted by atomic mass is 10.1. The summed E-state index contributed by atoms with van der Waals surface area (Å²) in [5.74, 6) is -1.77. The average molecular weight is 396 g/mol. The maximum atomic E-state index is 14.1. The first-order chi connectivity index (χ1) is 12.8. The number of hydrogen-bond acceptors (Lipinski definition) is 6. The molecule has 3 amide bonds. The summed E-state index contributed by atoms with van der Waals surface area (Å²) in [5.41, 5.74) is 0.371. The summed E-state index contributed by atoms with van der Waals surface area (Å²) in [6.45, 7) is 3.63. The van der Waals surface area contributed by atoms with E-state index in [1.807, 2.05) is 13.8 Å². The summed E-state index contributed by atoms with van der Waals surface area (Å²) >= 11 is 1.06. The van der Waals surface area contributed by atoms with Crippen molar-refractivity contribution in [3.05, 3.63) is 34.5 Å². The second-order valence-electron chi connectivity index (χ2n) is 6.18. The van der Waals surface area contributed by atoms with Crippen LogP contribution in [0, 0.1) is 11.7 Å². The number of ether oxygens (including phenoxy) is 2. The number of urea groups is 1. The van der Waals surface area contributed by atoms with E-state index in [0.717, 1.165) is 11.3 Å². The van der Waals surface area contributed by atoms with Gasteiger partial charge < -0.3 is 14.8 Å². The lowest BCUT2D eigenvalue weighted by Gasteiger charge is -2.09. The summed E-state index contributed by atoms with van der Waals surface area (Å²) in [6, 6.07) is 3.87. The number of carbonyl (C=O) groups is 3. The number of methoxy groups -OCH3 is 1. The van der Waals surface area contributed by atoms with Gasteiger partial charge in [0.05, 0.1) is 6.61 Å². The number of imide groups is 1. The molecule has 146 valence electrons. The van der Waals surface area contributed by atoms with Crippen molar-refractivity contribution in [2.24, 2.45) is 5.92 Å². The molecule has 9 heteroatoms. The van der Waals surface area contributed by atoms with E-state index in [4.69, 9.17) is 9.47 Å². The second kappa shape index (κ2) is 9.43. The Balaban J connectivity index is 2.03. The number of esters is 1. The standard InChI is InChI=1S/C18H21FN2O5S/c1-10(2)7-20-18(24)21-14(22)9-26-17(23)16-11(8-25-3)15-12(19)5-4-6-13(15)27-16/h4-6,10H,7-9H2,1-3H3,(H2,20,21,22,24). The highest BCUT2D eigenvalue weighted by molar-refractivity contribution is 7.21. The molecule has 0 aliphatic rings. The van der Waals surface area contributed by atoms with Gasteiger partial charge in [-0.1, -0.05) is 19.9 Å². The lowest BCUT2D eigenvalue weighted by molar-refractivity contribution is -0.123. The predicted molar refractivity (Wildman–Crippen MR) is 99.2 cm³/mol. The number of thiophene rings is 1. The molecule has 0 spiro atoms. The molecular formula is C18H21FN2O5S. The summed E-state index contributed by atoms with van der Waals surface area (Å²) in [7, 11) is 1.43. The minimum atomic E-state index is -0.777. The van der Waals surface area contributed by atoms with Gasteiger partial charge in [0.15, 0.2) is 6.61 Å². The number of amides is 3. The Kier molecular flexibility index (Phi) is 7.26. The molecule has 0 radical (unpaired) electrons. The van der Waals surface area contributed by atoms with Crippen LogP contribution in [0.25, 0.3) is 10.1 Å². The molecule has 0 unspecified atom stereocenters. The molecule has 0 aliphatic heterocycles. The highest BCUT2D eigenvalue weighted by Gasteiger charge is 2.22. The molecular weight excluding hydrogens is 375 g/mol. The highest BCUT2D eigenvalue weighted by atomic mass is 32.1. The third-order valence-corrected chi connectivity index (χ3v) is 4.67. The van der Waals surface area contributed by atoms with E-state index in [0.29, 0.717) is 22.2 Å². The fraction of sp³-hybridized carbons (Fsp3) is 0.389. The van der Waals surface area contributed by atoms with Crippen molar-refractivity contribution >= 4 is 39.3 Å². The molecule has 0 saturated carbocycles. The van der Waals surface area contributed by atoms with Gasteiger partial charge in [-0.25, -0.2) is 14.0 Å². The Morgan fingerprint density at radius 2 is 2.00 bits per heavy atom. The van der Waals surface area contributed by atoms with Gasteiger partial charge in [-0.3, -0.25) is 10.1 Å². The first-order valence-electron chi connectivity index (χ1n) is 8.27. The number of carbonyl (C=O) groups excluding carboxylic acids is 3. The summed E-state index contributed by atoms with van der Waals surface area (Å²) in [6.07, 6.45) is 0. The van der Waals surface area contributed by atoms with E-state index in [2.05, 4.69) is 10.6 Å². The molecule has 2 rings (SSSR count). The van der Waals surface area contributed by atoms with E-state index >= 15 is 0 Å². The SMILES string of the molecule is COCc1c(C(=O)OCC(=O)NC(=O)NCC(C)C)sc2cccc(F)c12. The fourth-order valence-electron chi connectivity index (χ4n) is 2.31. The van der Waals surface area contributed by atoms with E-state index in [1.165, 1.54) is 13.2 Å². The minimum Gasteiger partial charge on any atom is -0.451 e. The minimum absolute atomic E-state index is 0.0230. The maximum Gasteiger partial charge on any atom is 0.349 e. The molecule has 7 nitrogen and oxygen atoms in total. The van der Waals surface area contributed by atoms with Crippen LogP contribution >= 0.6 is 11.3 Å². The number of nitrogens with one attached hydrogen (secondary N) is 2. The normalized spacial score (nSPS) is 10.9. The van der Waals surface area contributed by atoms with Crippen LogP contribution in [-0.4, -0.2) is 38.2 Å². The number of rotatable bonds is 7. The van der Waals surface area contributed by atoms with Crippen molar-refractivity contribution in [3.8, 4) is 0 Å². The molecule has 0 aliphatic carbocycles. The topological polar surface area (TPSA) is 93.7 Å². The van der Waals surface area contributed by atoms with Gasteiger partial charge in [-0.2, -0.15) is 0 Å². The van der Waals surface area contributed by atoms with Crippen LogP contribution in [0.15, 0.2) is 18.2 Å². The molecule has 1 aromatic heterocycles. The second-order valence-corrected chi connectivity index (χ2v) is 7.24. The zero-order valence-corrected chi connectivity index (χ0v) is 16.1. The Morgan fingerprint density at radius 1 is 1.26 bits per heavy atom. The molecule has 1 aromatic carbocycles. The van der Waals surface area contributed by atoms with Gasteiger partial charge in [-0.15, -0.1) is 11.3 Å². The summed E-state index contributed by atoms with van der Waals surface area (Å²) in [5, 5.41) is 4.88. The molecule has 0 bridgehead atoms. The van der Waals surface area contributed by atoms with E-state index < -0.39 is 30.3 Å². The Labute approximate surface area is 159 Å². The van der Waals surface area contributed by atoms with E-state index in [9.17, 15) is 18.8 Å². The molecule has 0 fully saturated rings. The third kappa shape index (κ3) is 5.48. The summed E-state index contributed by atoms with van der Waals surface area (Å²) < 4.78 is 24.7. The number of hydrogen-bond donors (Lipinski definition) is 2. The van der Waals surface area contributed by atoms with Crippen LogP contribution in [0.3, 0.4) is 0 Å². The number of benzene rings is 1. The Hall–Kier alpha value is -2.52. The van der Waals surface area contributed by atoms with Crippen LogP contribution < -0.4 is 10.6 Å². The first kappa shape index (κ1) is 20.8. The zero-order valence-electron chi connectivity index (χ0n) is 15.3. The van der Waals surface area contributed by atoms with Crippen molar-refractivity contribution in [3.63, 3.8) is 0 Å². The van der Waals surface area contributed by atoms with Gasteiger partial charge in [0.2, 0.25) is 0 Å². The predicted octanol–water partition coefficient (Wildman–Crippen LogP) is 2.83. The lowest BCUT2D eigenvalue weighted by Crippen LogP contribution is -2.42. The smallest absolute Gasteiger partial charge is 0.349 e. The van der Waals surface area contributed by atoms with Crippen molar-refractivity contribution < 1.29 is 28.2 Å². The van der Waals surface area contributed by atoms with Crippen LogP contribution in [0.5, 0.6) is 0 Å². The molecule has 0 atom stereocenters. The van der Waals surface area contributed by atoms with Gasteiger partial charge in [-0.05, 0) is 18.1 Å². The van der Waals surface area contributed by atoms with Crippen LogP contribution in [-0.2, 0) is 20.9 Å². The number of fused-ring (bicyclic) bond motifs is 1. The maximum absolute atomic E-state index is 14.1. The van der Waals surface area contributed by atoms with Crippen molar-refractivity contribution in [1.82, 2.24) is 10.6 Å². The van der Waals surface area contributed by atoms with Crippen molar-refractivity contribution in [2.45, 2.75) is 20.5 Å². The van der Waals surface area contributed by atoms with Gasteiger partial charge in [0.1, 0.15) is 10.7 Å².